The molecular weight excluding hydrogens is 603 g/mol. The van der Waals surface area contributed by atoms with Gasteiger partial charge in [-0.2, -0.15) is 13.2 Å². The molecule has 240 valence electrons. The molecule has 4 aromatic rings. The van der Waals surface area contributed by atoms with Crippen molar-refractivity contribution in [1.29, 1.82) is 0 Å². The van der Waals surface area contributed by atoms with Crippen molar-refractivity contribution in [2.75, 3.05) is 11.4 Å². The van der Waals surface area contributed by atoms with Crippen LogP contribution >= 0.6 is 0 Å². The molecule has 4 aromatic carbocycles. The molecule has 0 bridgehead atoms. The lowest BCUT2D eigenvalue weighted by Crippen LogP contribution is -2.35. The number of anilines is 1. The van der Waals surface area contributed by atoms with E-state index in [0.29, 0.717) is 23.4 Å². The fourth-order valence-electron chi connectivity index (χ4n) is 4.59. The number of nitrogens with zero attached hydrogens (tertiary/aromatic N) is 1. The van der Waals surface area contributed by atoms with Crippen LogP contribution in [0.1, 0.15) is 43.8 Å². The molecule has 1 aliphatic carbocycles. The number of carbonyl (C=O) groups is 4. The molecule has 0 spiro atoms. The monoisotopic (exact) mass is 635 g/mol. The van der Waals surface area contributed by atoms with Gasteiger partial charge in [0.05, 0.1) is 0 Å². The number of amides is 2. The van der Waals surface area contributed by atoms with Gasteiger partial charge in [0.2, 0.25) is 5.91 Å². The van der Waals surface area contributed by atoms with Crippen LogP contribution in [0.2, 0.25) is 0 Å². The van der Waals surface area contributed by atoms with Crippen LogP contribution in [0.25, 0.3) is 11.1 Å². The number of alkyl halides is 3. The SMILES string of the molecule is NC(=O)c1ccc2c(c1)CCC2.NCc1cccc(C(=O)N(CC(=O)O)c2ccc(-c3ccccc3)cc2)c1.O=C(O)C(F)(F)F. The predicted molar refractivity (Wildman–Crippen MR) is 166 cm³/mol. The zero-order chi connectivity index (χ0) is 33.9. The van der Waals surface area contributed by atoms with Crippen LogP contribution in [0, 0.1) is 0 Å². The molecule has 0 aliphatic heterocycles. The number of carboxylic acids is 2. The summed E-state index contributed by atoms with van der Waals surface area (Å²) in [4.78, 5) is 45.2. The van der Waals surface area contributed by atoms with Crippen LogP contribution in [-0.2, 0) is 29.0 Å². The number of hydrogen-bond donors (Lipinski definition) is 4. The Hall–Kier alpha value is -5.49. The number of fused-ring (bicyclic) bond motifs is 1. The Kier molecular flexibility index (Phi) is 12.2. The van der Waals surface area contributed by atoms with Gasteiger partial charge >= 0.3 is 18.1 Å². The van der Waals surface area contributed by atoms with Crippen molar-refractivity contribution in [2.24, 2.45) is 11.5 Å². The number of rotatable bonds is 7. The second kappa shape index (κ2) is 16.0. The first-order valence-corrected chi connectivity index (χ1v) is 14.0. The van der Waals surface area contributed by atoms with Gasteiger partial charge in [-0.1, -0.05) is 60.7 Å². The second-order valence-corrected chi connectivity index (χ2v) is 10.1. The highest BCUT2D eigenvalue weighted by Crippen LogP contribution is 2.25. The lowest BCUT2D eigenvalue weighted by molar-refractivity contribution is -0.192. The molecule has 0 heterocycles. The van der Waals surface area contributed by atoms with Crippen molar-refractivity contribution in [2.45, 2.75) is 32.0 Å². The van der Waals surface area contributed by atoms with E-state index >= 15 is 0 Å². The fourth-order valence-corrected chi connectivity index (χ4v) is 4.59. The van der Waals surface area contributed by atoms with Gasteiger partial charge in [0.1, 0.15) is 6.54 Å². The Morgan fingerprint density at radius 3 is 1.91 bits per heavy atom. The number of benzene rings is 4. The van der Waals surface area contributed by atoms with Crippen LogP contribution in [0.5, 0.6) is 0 Å². The molecule has 6 N–H and O–H groups in total. The van der Waals surface area contributed by atoms with Crippen molar-refractivity contribution in [3.8, 4) is 11.1 Å². The quantitative estimate of drug-likeness (QED) is 0.210. The summed E-state index contributed by atoms with van der Waals surface area (Å²) in [7, 11) is 0. The van der Waals surface area contributed by atoms with E-state index in [1.807, 2.05) is 66.7 Å². The minimum absolute atomic E-state index is 0.311. The number of aryl methyl sites for hydroxylation is 2. The smallest absolute Gasteiger partial charge is 0.480 e. The van der Waals surface area contributed by atoms with Gasteiger partial charge in [-0.05, 0) is 83.5 Å². The van der Waals surface area contributed by atoms with Gasteiger partial charge in [-0.25, -0.2) is 4.79 Å². The van der Waals surface area contributed by atoms with Crippen LogP contribution in [0.4, 0.5) is 18.9 Å². The van der Waals surface area contributed by atoms with Gasteiger partial charge in [0, 0.05) is 23.4 Å². The zero-order valence-electron chi connectivity index (χ0n) is 24.5. The minimum atomic E-state index is -5.08. The maximum Gasteiger partial charge on any atom is 0.490 e. The number of halogens is 3. The fraction of sp³-hybridized carbons (Fsp3) is 0.176. The van der Waals surface area contributed by atoms with E-state index in [1.165, 1.54) is 22.4 Å². The summed E-state index contributed by atoms with van der Waals surface area (Å²) in [6.45, 7) is -0.109. The number of primary amides is 1. The summed E-state index contributed by atoms with van der Waals surface area (Å²) in [5, 5.41) is 16.4. The van der Waals surface area contributed by atoms with E-state index < -0.39 is 24.7 Å². The van der Waals surface area contributed by atoms with Crippen LogP contribution in [-0.4, -0.2) is 46.7 Å². The second-order valence-electron chi connectivity index (χ2n) is 10.1. The lowest BCUT2D eigenvalue weighted by atomic mass is 10.0. The van der Waals surface area contributed by atoms with E-state index in [0.717, 1.165) is 29.5 Å². The highest BCUT2D eigenvalue weighted by molar-refractivity contribution is 6.08. The van der Waals surface area contributed by atoms with Crippen LogP contribution in [0.3, 0.4) is 0 Å². The molecule has 0 radical (unpaired) electrons. The van der Waals surface area contributed by atoms with Crippen molar-refractivity contribution < 1.29 is 42.6 Å². The molecule has 0 saturated carbocycles. The highest BCUT2D eigenvalue weighted by Gasteiger charge is 2.38. The minimum Gasteiger partial charge on any atom is -0.480 e. The summed E-state index contributed by atoms with van der Waals surface area (Å²) in [6.07, 6.45) is -1.64. The third kappa shape index (κ3) is 10.0. The highest BCUT2D eigenvalue weighted by atomic mass is 19.4. The maximum absolute atomic E-state index is 12.9. The zero-order valence-corrected chi connectivity index (χ0v) is 24.5. The number of hydrogen-bond acceptors (Lipinski definition) is 5. The average molecular weight is 636 g/mol. The van der Waals surface area contributed by atoms with Gasteiger partial charge in [0.15, 0.2) is 0 Å². The molecule has 2 amide bonds. The summed E-state index contributed by atoms with van der Waals surface area (Å²) in [5.74, 6) is -4.54. The van der Waals surface area contributed by atoms with Gasteiger partial charge < -0.3 is 21.7 Å². The molecule has 46 heavy (non-hydrogen) atoms. The molecule has 0 unspecified atom stereocenters. The number of nitrogens with two attached hydrogens (primary N) is 2. The van der Waals surface area contributed by atoms with E-state index in [-0.39, 0.29) is 11.8 Å². The van der Waals surface area contributed by atoms with Crippen molar-refractivity contribution >= 4 is 29.4 Å². The normalized spacial score (nSPS) is 11.6. The van der Waals surface area contributed by atoms with Gasteiger partial charge in [-0.15, -0.1) is 0 Å². The molecule has 0 saturated heterocycles. The molecule has 9 nitrogen and oxygen atoms in total. The summed E-state index contributed by atoms with van der Waals surface area (Å²) in [6, 6.07) is 29.8. The largest absolute Gasteiger partial charge is 0.490 e. The molecule has 12 heteroatoms. The van der Waals surface area contributed by atoms with Crippen molar-refractivity contribution in [3.05, 3.63) is 125 Å². The Morgan fingerprint density at radius 1 is 0.739 bits per heavy atom. The third-order valence-corrected chi connectivity index (χ3v) is 6.86. The first-order valence-electron chi connectivity index (χ1n) is 14.0. The summed E-state index contributed by atoms with van der Waals surface area (Å²) < 4.78 is 31.7. The van der Waals surface area contributed by atoms with E-state index in [9.17, 15) is 32.7 Å². The van der Waals surface area contributed by atoms with Crippen LogP contribution in [0.15, 0.2) is 97.1 Å². The lowest BCUT2D eigenvalue weighted by Gasteiger charge is -2.21. The predicted octanol–water partition coefficient (Wildman–Crippen LogP) is 5.45. The Labute approximate surface area is 262 Å². The number of carbonyl (C=O) groups excluding carboxylic acids is 2. The average Bonchev–Trinajstić information content (AvgIpc) is 3.52. The topological polar surface area (TPSA) is 164 Å². The molecule has 1 aliphatic rings. The summed E-state index contributed by atoms with van der Waals surface area (Å²) >= 11 is 0. The Bertz CT molecular complexity index is 1680. The Morgan fingerprint density at radius 2 is 1.35 bits per heavy atom. The Balaban J connectivity index is 0.000000248. The van der Waals surface area contributed by atoms with E-state index in [2.05, 4.69) is 0 Å². The van der Waals surface area contributed by atoms with Crippen molar-refractivity contribution in [3.63, 3.8) is 0 Å². The summed E-state index contributed by atoms with van der Waals surface area (Å²) in [5.41, 5.74) is 17.9. The van der Waals surface area contributed by atoms with Gasteiger partial charge in [0.25, 0.3) is 5.91 Å². The molecule has 5 rings (SSSR count). The van der Waals surface area contributed by atoms with E-state index in [4.69, 9.17) is 21.4 Å². The standard InChI is InChI=1S/C22H20N2O3.C10H11NO.C2HF3O2/c23-14-16-5-4-8-19(13-16)22(27)24(15-21(25)26)20-11-9-18(10-12-20)17-6-2-1-3-7-17;11-10(12)9-5-4-7-2-1-3-8(7)6-9;3-2(4,5)1(6)7/h1-13H,14-15,23H2,(H,25,26);4-6H,1-3H2,(H2,11,12);(H,6,7). The van der Waals surface area contributed by atoms with E-state index in [1.54, 1.807) is 30.3 Å². The molecule has 0 fully saturated rings. The van der Waals surface area contributed by atoms with Gasteiger partial charge in [-0.3, -0.25) is 19.3 Å². The molecular formula is C34H32F3N3O6. The number of carboxylic acid groups (broad SMARTS) is 2. The first kappa shape index (κ1) is 35.0. The first-order chi connectivity index (χ1) is 21.8. The molecule has 0 atom stereocenters. The van der Waals surface area contributed by atoms with Crippen LogP contribution < -0.4 is 16.4 Å². The maximum atomic E-state index is 12.9. The number of aliphatic carboxylic acids is 2. The molecule has 0 aromatic heterocycles. The van der Waals surface area contributed by atoms with Crippen molar-refractivity contribution in [1.82, 2.24) is 0 Å². The third-order valence-electron chi connectivity index (χ3n) is 6.86.